The van der Waals surface area contributed by atoms with Gasteiger partial charge >= 0.3 is 0 Å². The molecule has 0 aromatic heterocycles. The smallest absolute Gasteiger partial charge is 0.194 e. The van der Waals surface area contributed by atoms with Crippen LogP contribution in [0.5, 0.6) is 5.75 Å². The van der Waals surface area contributed by atoms with E-state index in [4.69, 9.17) is 9.73 Å². The van der Waals surface area contributed by atoms with Gasteiger partial charge in [-0.1, -0.05) is 19.9 Å². The number of ether oxygens (including phenoxy) is 1. The molecule has 0 spiro atoms. The molecule has 2 rings (SSSR count). The second-order valence-corrected chi connectivity index (χ2v) is 6.95. The Morgan fingerprint density at radius 1 is 1.30 bits per heavy atom. The first-order valence-corrected chi connectivity index (χ1v) is 10.3. The molecule has 1 fully saturated rings. The van der Waals surface area contributed by atoms with E-state index >= 15 is 0 Å². The standard InChI is InChI=1S/C21H35FN4O/c1-5-23-21(26-12-11-18(16-26)15-25(6-2)7-3)24-14-17-9-10-20(27-8-4)19(22)13-17/h9-10,13,18H,5-8,11-12,14-16H2,1-4H3,(H,23,24). The Morgan fingerprint density at radius 3 is 2.70 bits per heavy atom. The van der Waals surface area contributed by atoms with Gasteiger partial charge < -0.3 is 19.9 Å². The van der Waals surface area contributed by atoms with E-state index in [1.807, 2.05) is 13.0 Å². The van der Waals surface area contributed by atoms with Crippen LogP contribution in [-0.4, -0.2) is 61.6 Å². The number of likely N-dealkylation sites (tertiary alicyclic amines) is 1. The van der Waals surface area contributed by atoms with Gasteiger partial charge in [0, 0.05) is 26.2 Å². The third-order valence-electron chi connectivity index (χ3n) is 5.04. The lowest BCUT2D eigenvalue weighted by Crippen LogP contribution is -2.40. The number of nitrogens with zero attached hydrogens (tertiary/aromatic N) is 3. The number of hydrogen-bond donors (Lipinski definition) is 1. The number of halogens is 1. The molecule has 1 aliphatic rings. The van der Waals surface area contributed by atoms with Crippen LogP contribution >= 0.6 is 0 Å². The molecule has 0 amide bonds. The summed E-state index contributed by atoms with van der Waals surface area (Å²) in [5, 5.41) is 3.39. The fourth-order valence-electron chi connectivity index (χ4n) is 3.53. The lowest BCUT2D eigenvalue weighted by Gasteiger charge is -2.24. The fourth-order valence-corrected chi connectivity index (χ4v) is 3.53. The van der Waals surface area contributed by atoms with Crippen molar-refractivity contribution in [1.82, 2.24) is 15.1 Å². The van der Waals surface area contributed by atoms with Crippen molar-refractivity contribution in [1.29, 1.82) is 0 Å². The van der Waals surface area contributed by atoms with E-state index in [-0.39, 0.29) is 5.82 Å². The summed E-state index contributed by atoms with van der Waals surface area (Å²) in [6.45, 7) is 15.5. The Kier molecular flexibility index (Phi) is 8.85. The van der Waals surface area contributed by atoms with Crippen LogP contribution in [0.1, 0.15) is 39.7 Å². The van der Waals surface area contributed by atoms with E-state index in [1.165, 1.54) is 12.5 Å². The molecule has 1 aromatic rings. The van der Waals surface area contributed by atoms with Crippen molar-refractivity contribution >= 4 is 5.96 Å². The largest absolute Gasteiger partial charge is 0.491 e. The summed E-state index contributed by atoms with van der Waals surface area (Å²) in [6, 6.07) is 5.09. The molecule has 6 heteroatoms. The van der Waals surface area contributed by atoms with Crippen LogP contribution in [0.3, 0.4) is 0 Å². The molecule has 5 nitrogen and oxygen atoms in total. The fraction of sp³-hybridized carbons (Fsp3) is 0.667. The topological polar surface area (TPSA) is 40.1 Å². The molecule has 1 unspecified atom stereocenters. The molecule has 0 saturated carbocycles. The maximum atomic E-state index is 14.0. The van der Waals surface area contributed by atoms with Crippen LogP contribution in [0, 0.1) is 11.7 Å². The summed E-state index contributed by atoms with van der Waals surface area (Å²) in [5.74, 6) is 1.58. The molecular formula is C21H35FN4O. The van der Waals surface area contributed by atoms with Gasteiger partial charge in [0.2, 0.25) is 0 Å². The Hall–Kier alpha value is -1.82. The normalized spacial score (nSPS) is 17.6. The molecule has 152 valence electrons. The molecule has 1 heterocycles. The molecule has 27 heavy (non-hydrogen) atoms. The maximum absolute atomic E-state index is 14.0. The third kappa shape index (κ3) is 6.38. The highest BCUT2D eigenvalue weighted by Crippen LogP contribution is 2.20. The summed E-state index contributed by atoms with van der Waals surface area (Å²) in [5.41, 5.74) is 0.852. The van der Waals surface area contributed by atoms with Gasteiger partial charge in [-0.2, -0.15) is 0 Å². The minimum Gasteiger partial charge on any atom is -0.491 e. The van der Waals surface area contributed by atoms with Crippen LogP contribution in [-0.2, 0) is 6.54 Å². The molecular weight excluding hydrogens is 343 g/mol. The number of guanidine groups is 1. The third-order valence-corrected chi connectivity index (χ3v) is 5.04. The Bertz CT molecular complexity index is 604. The molecule has 1 aromatic carbocycles. The lowest BCUT2D eigenvalue weighted by molar-refractivity contribution is 0.255. The van der Waals surface area contributed by atoms with Crippen LogP contribution in [0.25, 0.3) is 0 Å². The Labute approximate surface area is 163 Å². The second kappa shape index (κ2) is 11.1. The summed E-state index contributed by atoms with van der Waals surface area (Å²) in [6.07, 6.45) is 1.19. The van der Waals surface area contributed by atoms with Gasteiger partial charge in [0.1, 0.15) is 0 Å². The quantitative estimate of drug-likeness (QED) is 0.528. The highest BCUT2D eigenvalue weighted by Gasteiger charge is 2.25. The monoisotopic (exact) mass is 378 g/mol. The van der Waals surface area contributed by atoms with E-state index in [2.05, 4.69) is 35.9 Å². The van der Waals surface area contributed by atoms with Crippen molar-refractivity contribution in [2.75, 3.05) is 45.9 Å². The predicted octanol–water partition coefficient (Wildman–Crippen LogP) is 3.35. The maximum Gasteiger partial charge on any atom is 0.194 e. The summed E-state index contributed by atoms with van der Waals surface area (Å²) in [7, 11) is 0. The van der Waals surface area contributed by atoms with Gasteiger partial charge in [-0.15, -0.1) is 0 Å². The molecule has 0 bridgehead atoms. The average Bonchev–Trinajstić information content (AvgIpc) is 3.13. The summed E-state index contributed by atoms with van der Waals surface area (Å²) in [4.78, 5) is 9.57. The van der Waals surface area contributed by atoms with E-state index in [0.29, 0.717) is 24.8 Å². The molecule has 1 saturated heterocycles. The highest BCUT2D eigenvalue weighted by molar-refractivity contribution is 5.80. The van der Waals surface area contributed by atoms with Crippen LogP contribution in [0.4, 0.5) is 4.39 Å². The second-order valence-electron chi connectivity index (χ2n) is 6.95. The Morgan fingerprint density at radius 2 is 2.07 bits per heavy atom. The van der Waals surface area contributed by atoms with Gasteiger partial charge in [-0.3, -0.25) is 0 Å². The molecule has 1 N–H and O–H groups in total. The molecule has 0 radical (unpaired) electrons. The lowest BCUT2D eigenvalue weighted by atomic mass is 10.1. The van der Waals surface area contributed by atoms with Crippen LogP contribution in [0.15, 0.2) is 23.2 Å². The average molecular weight is 379 g/mol. The zero-order valence-electron chi connectivity index (χ0n) is 17.3. The Balaban J connectivity index is 1.99. The number of benzene rings is 1. The zero-order chi connectivity index (χ0) is 19.6. The SMILES string of the molecule is CCNC(=NCc1ccc(OCC)c(F)c1)N1CCC(CN(CC)CC)C1. The van der Waals surface area contributed by atoms with Crippen molar-refractivity contribution in [2.45, 2.75) is 40.7 Å². The molecule has 1 aliphatic heterocycles. The van der Waals surface area contributed by atoms with Crippen molar-refractivity contribution in [2.24, 2.45) is 10.9 Å². The highest BCUT2D eigenvalue weighted by atomic mass is 19.1. The number of rotatable bonds is 9. The predicted molar refractivity (Wildman–Crippen MR) is 110 cm³/mol. The molecule has 0 aliphatic carbocycles. The first-order chi connectivity index (χ1) is 13.1. The first kappa shape index (κ1) is 21.5. The van der Waals surface area contributed by atoms with Gasteiger partial charge in [0.15, 0.2) is 17.5 Å². The van der Waals surface area contributed by atoms with Crippen molar-refractivity contribution < 1.29 is 9.13 Å². The van der Waals surface area contributed by atoms with Crippen molar-refractivity contribution in [3.63, 3.8) is 0 Å². The van der Waals surface area contributed by atoms with Gasteiger partial charge in [-0.25, -0.2) is 9.38 Å². The number of nitrogens with one attached hydrogen (secondary N) is 1. The van der Waals surface area contributed by atoms with E-state index in [1.54, 1.807) is 6.07 Å². The zero-order valence-corrected chi connectivity index (χ0v) is 17.3. The minimum atomic E-state index is -0.324. The van der Waals surface area contributed by atoms with Crippen LogP contribution in [0.2, 0.25) is 0 Å². The van der Waals surface area contributed by atoms with E-state index in [9.17, 15) is 4.39 Å². The first-order valence-electron chi connectivity index (χ1n) is 10.3. The van der Waals surface area contributed by atoms with Gasteiger partial charge in [-0.05, 0) is 57.0 Å². The summed E-state index contributed by atoms with van der Waals surface area (Å²) >= 11 is 0. The minimum absolute atomic E-state index is 0.302. The number of aliphatic imine (C=N–C) groups is 1. The molecule has 1 atom stereocenters. The van der Waals surface area contributed by atoms with Crippen LogP contribution < -0.4 is 10.1 Å². The van der Waals surface area contributed by atoms with Crippen molar-refractivity contribution in [3.8, 4) is 5.75 Å². The van der Waals surface area contributed by atoms with Gasteiger partial charge in [0.25, 0.3) is 0 Å². The van der Waals surface area contributed by atoms with E-state index in [0.717, 1.165) is 50.8 Å². The van der Waals surface area contributed by atoms with E-state index < -0.39 is 0 Å². The number of hydrogen-bond acceptors (Lipinski definition) is 3. The van der Waals surface area contributed by atoms with Crippen molar-refractivity contribution in [3.05, 3.63) is 29.6 Å². The van der Waals surface area contributed by atoms with Gasteiger partial charge in [0.05, 0.1) is 13.2 Å². The summed E-state index contributed by atoms with van der Waals surface area (Å²) < 4.78 is 19.3.